The van der Waals surface area contributed by atoms with E-state index in [1.165, 1.54) is 6.07 Å². The normalized spacial score (nSPS) is 12.0. The van der Waals surface area contributed by atoms with Gasteiger partial charge in [0.25, 0.3) is 5.91 Å². The molecule has 3 rings (SSSR count). The second kappa shape index (κ2) is 8.17. The van der Waals surface area contributed by atoms with Gasteiger partial charge in [-0.3, -0.25) is 4.79 Å². The Morgan fingerprint density at radius 2 is 1.68 bits per heavy atom. The van der Waals surface area contributed by atoms with Crippen LogP contribution < -0.4 is 20.4 Å². The molecule has 0 spiro atoms. The topological polar surface area (TPSA) is 77.8 Å². The van der Waals surface area contributed by atoms with Gasteiger partial charge in [-0.25, -0.2) is 4.79 Å². The molecule has 2 aromatic carbocycles. The Bertz CT molecular complexity index is 1040. The summed E-state index contributed by atoms with van der Waals surface area (Å²) in [5.74, 6) is 0.974. The molecule has 0 saturated heterocycles. The molecule has 0 saturated carbocycles. The number of benzene rings is 2. The van der Waals surface area contributed by atoms with Crippen LogP contribution in [0.3, 0.4) is 0 Å². The molecule has 0 fully saturated rings. The van der Waals surface area contributed by atoms with E-state index in [1.807, 2.05) is 45.0 Å². The highest BCUT2D eigenvalue weighted by Crippen LogP contribution is 2.24. The van der Waals surface area contributed by atoms with E-state index in [4.69, 9.17) is 13.9 Å². The molecule has 1 unspecified atom stereocenters. The van der Waals surface area contributed by atoms with E-state index in [0.29, 0.717) is 16.7 Å². The fraction of sp³-hybridized carbons (Fsp3) is 0.273. The van der Waals surface area contributed by atoms with Gasteiger partial charge in [-0.1, -0.05) is 12.1 Å². The monoisotopic (exact) mass is 381 g/mol. The predicted octanol–water partition coefficient (Wildman–Crippen LogP) is 4.08. The van der Waals surface area contributed by atoms with E-state index >= 15 is 0 Å². The first-order chi connectivity index (χ1) is 13.4. The number of nitrogens with one attached hydrogen (secondary N) is 1. The number of amides is 1. The maximum atomic E-state index is 12.8. The van der Waals surface area contributed by atoms with Crippen molar-refractivity contribution < 1.29 is 18.7 Å². The van der Waals surface area contributed by atoms with E-state index in [9.17, 15) is 9.59 Å². The zero-order chi connectivity index (χ0) is 20.3. The molecule has 1 N–H and O–H groups in total. The first kappa shape index (κ1) is 19.5. The number of carbonyl (C=O) groups is 1. The molecular formula is C22H23NO5. The van der Waals surface area contributed by atoms with Gasteiger partial charge >= 0.3 is 5.63 Å². The maximum Gasteiger partial charge on any atom is 0.337 e. The molecule has 6 heteroatoms. The number of ether oxygens (including phenoxy) is 2. The summed E-state index contributed by atoms with van der Waals surface area (Å²) < 4.78 is 16.0. The molecule has 6 nitrogen and oxygen atoms in total. The summed E-state index contributed by atoms with van der Waals surface area (Å²) in [6, 6.07) is 13.5. The maximum absolute atomic E-state index is 12.8. The average Bonchev–Trinajstić information content (AvgIpc) is 2.66. The first-order valence-electron chi connectivity index (χ1n) is 9.06. The molecule has 1 atom stereocenters. The smallest absolute Gasteiger partial charge is 0.337 e. The Morgan fingerprint density at radius 1 is 1.00 bits per heavy atom. The second-order valence-electron chi connectivity index (χ2n) is 6.77. The lowest BCUT2D eigenvalue weighted by Gasteiger charge is -2.16. The van der Waals surface area contributed by atoms with Crippen LogP contribution in [0.2, 0.25) is 0 Å². The average molecular weight is 381 g/mol. The Hall–Kier alpha value is -3.28. The van der Waals surface area contributed by atoms with Gasteiger partial charge in [0, 0.05) is 17.5 Å². The minimum atomic E-state index is -0.587. The van der Waals surface area contributed by atoms with Gasteiger partial charge in [0.05, 0.1) is 24.8 Å². The first-order valence-corrected chi connectivity index (χ1v) is 9.06. The Balaban J connectivity index is 1.88. The molecule has 0 radical (unpaired) electrons. The fourth-order valence-corrected chi connectivity index (χ4v) is 2.93. The van der Waals surface area contributed by atoms with E-state index in [-0.39, 0.29) is 23.6 Å². The summed E-state index contributed by atoms with van der Waals surface area (Å²) in [5, 5.41) is 3.48. The molecule has 0 aliphatic heterocycles. The molecule has 1 heterocycles. The second-order valence-corrected chi connectivity index (χ2v) is 6.77. The Morgan fingerprint density at radius 3 is 2.32 bits per heavy atom. The number of hydrogen-bond donors (Lipinski definition) is 1. The molecule has 0 aliphatic carbocycles. The van der Waals surface area contributed by atoms with Crippen LogP contribution in [0.1, 0.15) is 42.7 Å². The van der Waals surface area contributed by atoms with E-state index < -0.39 is 5.63 Å². The minimum Gasteiger partial charge on any atom is -0.497 e. The predicted molar refractivity (Wildman–Crippen MR) is 107 cm³/mol. The lowest BCUT2D eigenvalue weighted by Crippen LogP contribution is -2.27. The van der Waals surface area contributed by atoms with Gasteiger partial charge in [0.1, 0.15) is 17.1 Å². The molecule has 28 heavy (non-hydrogen) atoms. The van der Waals surface area contributed by atoms with Crippen LogP contribution in [0.5, 0.6) is 11.5 Å². The van der Waals surface area contributed by atoms with Crippen LogP contribution >= 0.6 is 0 Å². The third-order valence-electron chi connectivity index (χ3n) is 4.30. The van der Waals surface area contributed by atoms with Crippen molar-refractivity contribution >= 4 is 16.9 Å². The molecule has 0 bridgehead atoms. The van der Waals surface area contributed by atoms with Crippen LogP contribution in [0, 0.1) is 0 Å². The standard InChI is InChI=1S/C22H23NO5/c1-13(2)27-17-9-10-18-19(12-21(24)28-20(18)11-17)22(25)23-14(3)15-5-7-16(26-4)8-6-15/h5-14H,1-4H3,(H,23,25). The number of hydrogen-bond acceptors (Lipinski definition) is 5. The van der Waals surface area contributed by atoms with Gasteiger partial charge in [-0.2, -0.15) is 0 Å². The summed E-state index contributed by atoms with van der Waals surface area (Å²) in [5.41, 5.74) is 0.918. The zero-order valence-corrected chi connectivity index (χ0v) is 16.3. The van der Waals surface area contributed by atoms with Crippen LogP contribution in [0.4, 0.5) is 0 Å². The molecule has 146 valence electrons. The van der Waals surface area contributed by atoms with Gasteiger partial charge < -0.3 is 19.2 Å². The number of methoxy groups -OCH3 is 1. The van der Waals surface area contributed by atoms with Crippen LogP contribution in [0.15, 0.2) is 57.7 Å². The van der Waals surface area contributed by atoms with Gasteiger partial charge in [0.15, 0.2) is 0 Å². The van der Waals surface area contributed by atoms with E-state index in [2.05, 4.69) is 5.32 Å². The van der Waals surface area contributed by atoms with Crippen molar-refractivity contribution in [3.63, 3.8) is 0 Å². The fourth-order valence-electron chi connectivity index (χ4n) is 2.93. The van der Waals surface area contributed by atoms with Crippen LogP contribution in [-0.2, 0) is 0 Å². The molecule has 0 aliphatic rings. The molecular weight excluding hydrogens is 358 g/mol. The van der Waals surface area contributed by atoms with Crippen LogP contribution in [0.25, 0.3) is 11.0 Å². The molecule has 1 aromatic heterocycles. The summed E-state index contributed by atoms with van der Waals surface area (Å²) >= 11 is 0. The highest BCUT2D eigenvalue weighted by molar-refractivity contribution is 6.05. The van der Waals surface area contributed by atoms with Crippen molar-refractivity contribution in [1.29, 1.82) is 0 Å². The lowest BCUT2D eigenvalue weighted by molar-refractivity contribution is 0.0941. The summed E-state index contributed by atoms with van der Waals surface area (Å²) in [6.45, 7) is 5.69. The highest BCUT2D eigenvalue weighted by Gasteiger charge is 2.17. The third kappa shape index (κ3) is 4.34. The van der Waals surface area contributed by atoms with Gasteiger partial charge in [-0.15, -0.1) is 0 Å². The largest absolute Gasteiger partial charge is 0.497 e. The van der Waals surface area contributed by atoms with Crippen molar-refractivity contribution in [3.05, 3.63) is 70.1 Å². The Kier molecular flexibility index (Phi) is 5.68. The zero-order valence-electron chi connectivity index (χ0n) is 16.3. The third-order valence-corrected chi connectivity index (χ3v) is 4.30. The summed E-state index contributed by atoms with van der Waals surface area (Å²) in [6.07, 6.45) is -0.0130. The van der Waals surface area contributed by atoms with Gasteiger partial charge in [-0.05, 0) is 50.6 Å². The Labute approximate surface area is 163 Å². The van der Waals surface area contributed by atoms with Crippen molar-refractivity contribution in [2.75, 3.05) is 7.11 Å². The number of carbonyl (C=O) groups excluding carboxylic acids is 1. The summed E-state index contributed by atoms with van der Waals surface area (Å²) in [4.78, 5) is 24.8. The van der Waals surface area contributed by atoms with Gasteiger partial charge in [0.2, 0.25) is 0 Å². The molecule has 1 amide bonds. The van der Waals surface area contributed by atoms with Crippen molar-refractivity contribution in [3.8, 4) is 11.5 Å². The molecule has 3 aromatic rings. The quantitative estimate of drug-likeness (QED) is 0.651. The minimum absolute atomic E-state index is 0.0130. The van der Waals surface area contributed by atoms with Crippen LogP contribution in [-0.4, -0.2) is 19.1 Å². The number of fused-ring (bicyclic) bond motifs is 1. The van der Waals surface area contributed by atoms with Crippen molar-refractivity contribution in [1.82, 2.24) is 5.32 Å². The SMILES string of the molecule is COc1ccc(C(C)NC(=O)c2cc(=O)oc3cc(OC(C)C)ccc23)cc1. The van der Waals surface area contributed by atoms with E-state index in [1.54, 1.807) is 25.3 Å². The van der Waals surface area contributed by atoms with Crippen molar-refractivity contribution in [2.45, 2.75) is 32.9 Å². The van der Waals surface area contributed by atoms with E-state index in [0.717, 1.165) is 11.3 Å². The highest BCUT2D eigenvalue weighted by atomic mass is 16.5. The summed E-state index contributed by atoms with van der Waals surface area (Å²) in [7, 11) is 1.60. The number of rotatable bonds is 6. The lowest BCUT2D eigenvalue weighted by atomic mass is 10.1. The van der Waals surface area contributed by atoms with Crippen molar-refractivity contribution in [2.24, 2.45) is 0 Å².